The predicted octanol–water partition coefficient (Wildman–Crippen LogP) is 1.61. The van der Waals surface area contributed by atoms with Crippen LogP contribution in [0.15, 0.2) is 24.3 Å². The number of hydrogen-bond acceptors (Lipinski definition) is 3. The number of hydrogen-bond donors (Lipinski definition) is 1. The minimum absolute atomic E-state index is 0.00667. The molecular weight excluding hydrogens is 168 g/mol. The summed E-state index contributed by atoms with van der Waals surface area (Å²) in [5, 5.41) is 9.30. The fraction of sp³-hybridized carbons (Fsp3) is 0.300. The van der Waals surface area contributed by atoms with Crippen LogP contribution in [-0.2, 0) is 4.74 Å². The van der Waals surface area contributed by atoms with Crippen LogP contribution in [0, 0.1) is 0 Å². The molecule has 0 atom stereocenters. The Hall–Kier alpha value is -1.35. The van der Waals surface area contributed by atoms with E-state index >= 15 is 0 Å². The second-order valence-electron chi connectivity index (χ2n) is 2.58. The second kappa shape index (κ2) is 4.62. The third-order valence-electron chi connectivity index (χ3n) is 1.64. The molecule has 70 valence electrons. The van der Waals surface area contributed by atoms with Gasteiger partial charge in [-0.2, -0.15) is 0 Å². The van der Waals surface area contributed by atoms with Gasteiger partial charge in [0.15, 0.2) is 5.78 Å². The second-order valence-corrected chi connectivity index (χ2v) is 2.58. The standard InChI is InChI=1S/C10H12O3/c1-2-13-7-10(12)8-5-3-4-6-9(8)11/h3-6,11H,2,7H2,1H3. The van der Waals surface area contributed by atoms with Crippen LogP contribution in [0.2, 0.25) is 0 Å². The van der Waals surface area contributed by atoms with Crippen molar-refractivity contribution >= 4 is 5.78 Å². The maximum absolute atomic E-state index is 11.3. The van der Waals surface area contributed by atoms with Crippen molar-refractivity contribution in [2.45, 2.75) is 6.92 Å². The van der Waals surface area contributed by atoms with Gasteiger partial charge in [0.1, 0.15) is 12.4 Å². The predicted molar refractivity (Wildman–Crippen MR) is 48.9 cm³/mol. The Labute approximate surface area is 77.0 Å². The number of benzene rings is 1. The Morgan fingerprint density at radius 1 is 1.46 bits per heavy atom. The number of phenols is 1. The number of carbonyl (C=O) groups excluding carboxylic acids is 1. The van der Waals surface area contributed by atoms with Crippen LogP contribution >= 0.6 is 0 Å². The summed E-state index contributed by atoms with van der Waals surface area (Å²) in [5.41, 5.74) is 0.316. The molecule has 0 aromatic heterocycles. The number of ketones is 1. The summed E-state index contributed by atoms with van der Waals surface area (Å²) in [7, 11) is 0. The number of phenolic OH excluding ortho intramolecular Hbond substituents is 1. The van der Waals surface area contributed by atoms with Crippen molar-refractivity contribution in [1.82, 2.24) is 0 Å². The van der Waals surface area contributed by atoms with E-state index in [2.05, 4.69) is 0 Å². The van der Waals surface area contributed by atoms with Gasteiger partial charge in [-0.3, -0.25) is 4.79 Å². The van der Waals surface area contributed by atoms with Gasteiger partial charge in [0.05, 0.1) is 5.56 Å². The minimum Gasteiger partial charge on any atom is -0.507 e. The fourth-order valence-corrected chi connectivity index (χ4v) is 0.982. The lowest BCUT2D eigenvalue weighted by Crippen LogP contribution is -2.08. The van der Waals surface area contributed by atoms with Gasteiger partial charge in [-0.25, -0.2) is 0 Å². The first-order valence-corrected chi connectivity index (χ1v) is 4.14. The molecule has 0 aliphatic carbocycles. The molecule has 13 heavy (non-hydrogen) atoms. The van der Waals surface area contributed by atoms with Gasteiger partial charge >= 0.3 is 0 Å². The lowest BCUT2D eigenvalue weighted by atomic mass is 10.1. The van der Waals surface area contributed by atoms with E-state index < -0.39 is 0 Å². The molecule has 0 unspecified atom stereocenters. The Kier molecular flexibility index (Phi) is 3.46. The van der Waals surface area contributed by atoms with E-state index in [1.165, 1.54) is 6.07 Å². The summed E-state index contributed by atoms with van der Waals surface area (Å²) in [6.07, 6.45) is 0. The molecule has 0 aliphatic rings. The van der Waals surface area contributed by atoms with Crippen LogP contribution in [0.3, 0.4) is 0 Å². The van der Waals surface area contributed by atoms with Crippen molar-refractivity contribution in [3.05, 3.63) is 29.8 Å². The van der Waals surface area contributed by atoms with Crippen LogP contribution in [-0.4, -0.2) is 24.1 Å². The summed E-state index contributed by atoms with van der Waals surface area (Å²) in [5.74, 6) is -0.188. The van der Waals surface area contributed by atoms with Gasteiger partial charge in [-0.05, 0) is 19.1 Å². The summed E-state index contributed by atoms with van der Waals surface area (Å²) in [6.45, 7) is 2.34. The SMILES string of the molecule is CCOCC(=O)c1ccccc1O. The van der Waals surface area contributed by atoms with Crippen LogP contribution < -0.4 is 0 Å². The van der Waals surface area contributed by atoms with Crippen LogP contribution in [0.5, 0.6) is 5.75 Å². The van der Waals surface area contributed by atoms with Crippen molar-refractivity contribution in [1.29, 1.82) is 0 Å². The van der Waals surface area contributed by atoms with Crippen molar-refractivity contribution in [3.63, 3.8) is 0 Å². The van der Waals surface area contributed by atoms with Crippen molar-refractivity contribution < 1.29 is 14.6 Å². The molecule has 0 heterocycles. The monoisotopic (exact) mass is 180 g/mol. The molecule has 3 nitrogen and oxygen atoms in total. The first-order valence-electron chi connectivity index (χ1n) is 4.14. The fourth-order valence-electron chi connectivity index (χ4n) is 0.982. The number of carbonyl (C=O) groups is 1. The molecule has 0 aliphatic heterocycles. The molecule has 3 heteroatoms. The number of Topliss-reactive ketones (excluding diaryl/α,β-unsaturated/α-hetero) is 1. The molecule has 0 spiro atoms. The average Bonchev–Trinajstić information content (AvgIpc) is 2.15. The smallest absolute Gasteiger partial charge is 0.192 e. The van der Waals surface area contributed by atoms with E-state index in [1.54, 1.807) is 18.2 Å². The van der Waals surface area contributed by atoms with Crippen molar-refractivity contribution in [2.75, 3.05) is 13.2 Å². The van der Waals surface area contributed by atoms with Crippen LogP contribution in [0.1, 0.15) is 17.3 Å². The molecule has 1 aromatic rings. The van der Waals surface area contributed by atoms with E-state index in [9.17, 15) is 9.90 Å². The van der Waals surface area contributed by atoms with Crippen molar-refractivity contribution in [2.24, 2.45) is 0 Å². The lowest BCUT2D eigenvalue weighted by molar-refractivity contribution is 0.0780. The molecule has 0 radical (unpaired) electrons. The molecule has 1 rings (SSSR count). The zero-order valence-corrected chi connectivity index (χ0v) is 7.49. The quantitative estimate of drug-likeness (QED) is 0.716. The molecule has 0 amide bonds. The first kappa shape index (κ1) is 9.74. The normalized spacial score (nSPS) is 9.92. The maximum atomic E-state index is 11.3. The highest BCUT2D eigenvalue weighted by molar-refractivity contribution is 5.99. The third-order valence-corrected chi connectivity index (χ3v) is 1.64. The Bertz CT molecular complexity index is 294. The zero-order valence-electron chi connectivity index (χ0n) is 7.49. The van der Waals surface area contributed by atoms with Gasteiger partial charge in [0, 0.05) is 6.61 Å². The molecule has 0 fully saturated rings. The lowest BCUT2D eigenvalue weighted by Gasteiger charge is -2.02. The number of ether oxygens (including phenoxy) is 1. The van der Waals surface area contributed by atoms with Gasteiger partial charge in [0.2, 0.25) is 0 Å². The van der Waals surface area contributed by atoms with Gasteiger partial charge in [-0.1, -0.05) is 12.1 Å². The Morgan fingerprint density at radius 3 is 2.77 bits per heavy atom. The molecule has 0 bridgehead atoms. The number of aromatic hydroxyl groups is 1. The van der Waals surface area contributed by atoms with Crippen molar-refractivity contribution in [3.8, 4) is 5.75 Å². The maximum Gasteiger partial charge on any atom is 0.192 e. The van der Waals surface area contributed by atoms with E-state index in [1.807, 2.05) is 6.92 Å². The summed E-state index contributed by atoms with van der Waals surface area (Å²) in [4.78, 5) is 11.3. The van der Waals surface area contributed by atoms with Gasteiger partial charge in [0.25, 0.3) is 0 Å². The highest BCUT2D eigenvalue weighted by Crippen LogP contribution is 2.15. The molecule has 1 aromatic carbocycles. The van der Waals surface area contributed by atoms with Crippen LogP contribution in [0.25, 0.3) is 0 Å². The third kappa shape index (κ3) is 2.56. The highest BCUT2D eigenvalue weighted by atomic mass is 16.5. The largest absolute Gasteiger partial charge is 0.507 e. The van der Waals surface area contributed by atoms with Gasteiger partial charge in [-0.15, -0.1) is 0 Å². The summed E-state index contributed by atoms with van der Waals surface area (Å²) in [6, 6.07) is 6.45. The van der Waals surface area contributed by atoms with Gasteiger partial charge < -0.3 is 9.84 Å². The molecule has 1 N–H and O–H groups in total. The average molecular weight is 180 g/mol. The van der Waals surface area contributed by atoms with E-state index in [4.69, 9.17) is 4.74 Å². The Morgan fingerprint density at radius 2 is 2.15 bits per heavy atom. The van der Waals surface area contributed by atoms with Crippen LogP contribution in [0.4, 0.5) is 0 Å². The van der Waals surface area contributed by atoms with E-state index in [-0.39, 0.29) is 18.1 Å². The minimum atomic E-state index is -0.194. The zero-order chi connectivity index (χ0) is 9.68. The van der Waals surface area contributed by atoms with E-state index in [0.29, 0.717) is 12.2 Å². The molecule has 0 saturated carbocycles. The summed E-state index contributed by atoms with van der Waals surface area (Å²) >= 11 is 0. The molecule has 0 saturated heterocycles. The van der Waals surface area contributed by atoms with E-state index in [0.717, 1.165) is 0 Å². The first-order chi connectivity index (χ1) is 6.25. The summed E-state index contributed by atoms with van der Waals surface area (Å²) < 4.78 is 4.94. The topological polar surface area (TPSA) is 46.5 Å². The number of rotatable bonds is 4. The Balaban J connectivity index is 2.71. The highest BCUT2D eigenvalue weighted by Gasteiger charge is 2.09. The number of para-hydroxylation sites is 1. The molecular formula is C10H12O3.